The quantitative estimate of drug-likeness (QED) is 0.576. The smallest absolute Gasteiger partial charge is 0.214 e. The molecule has 0 saturated carbocycles. The van der Waals surface area contributed by atoms with E-state index in [1.54, 1.807) is 19.3 Å². The van der Waals surface area contributed by atoms with Crippen molar-refractivity contribution in [3.8, 4) is 0 Å². The van der Waals surface area contributed by atoms with E-state index in [2.05, 4.69) is 11.6 Å². The van der Waals surface area contributed by atoms with Crippen LogP contribution in [0.3, 0.4) is 0 Å². The molecule has 0 atom stereocenters. The fourth-order valence-corrected chi connectivity index (χ4v) is 1.50. The maximum Gasteiger partial charge on any atom is 0.214 e. The van der Waals surface area contributed by atoms with Crippen LogP contribution in [0.25, 0.3) is 0 Å². The first-order valence-electron chi connectivity index (χ1n) is 5.31. The molecule has 0 fully saturated rings. The summed E-state index contributed by atoms with van der Waals surface area (Å²) in [5.41, 5.74) is 1.02. The van der Waals surface area contributed by atoms with Crippen LogP contribution in [0.2, 0.25) is 5.15 Å². The van der Waals surface area contributed by atoms with Crippen LogP contribution in [-0.2, 0) is 11.3 Å². The topological polar surface area (TPSA) is 36.4 Å². The van der Waals surface area contributed by atoms with Crippen molar-refractivity contribution in [2.45, 2.75) is 13.5 Å². The minimum absolute atomic E-state index is 0.473. The summed E-state index contributed by atoms with van der Waals surface area (Å²) in [4.78, 5) is 18.1. The van der Waals surface area contributed by atoms with Gasteiger partial charge in [-0.1, -0.05) is 24.2 Å². The highest BCUT2D eigenvalue weighted by molar-refractivity contribution is 6.29. The van der Waals surface area contributed by atoms with Crippen molar-refractivity contribution in [3.05, 3.63) is 41.4 Å². The Kier molecular flexibility index (Phi) is 4.97. The lowest BCUT2D eigenvalue weighted by Crippen LogP contribution is -2.31. The summed E-state index contributed by atoms with van der Waals surface area (Å²) in [5.74, 6) is 0.664. The first kappa shape index (κ1) is 13.5. The Morgan fingerprint density at radius 3 is 2.76 bits per heavy atom. The Bertz CT molecular complexity index is 391. The van der Waals surface area contributed by atoms with Gasteiger partial charge in [-0.2, -0.15) is 0 Å². The Morgan fingerprint density at radius 1 is 1.59 bits per heavy atom. The van der Waals surface area contributed by atoms with E-state index in [9.17, 15) is 4.79 Å². The molecule has 1 rings (SSSR count). The zero-order chi connectivity index (χ0) is 12.8. The monoisotopic (exact) mass is 253 g/mol. The SMILES string of the molecule is C=C(N(C)C=O)N(CC)Cc1ccc(Cl)nc1. The second-order valence-corrected chi connectivity index (χ2v) is 4.02. The number of carbonyl (C=O) groups excluding carboxylic acids is 1. The van der Waals surface area contributed by atoms with E-state index in [4.69, 9.17) is 11.6 Å². The fourth-order valence-electron chi connectivity index (χ4n) is 1.39. The molecule has 0 radical (unpaired) electrons. The Hall–Kier alpha value is -1.55. The molecule has 0 aliphatic rings. The van der Waals surface area contributed by atoms with Gasteiger partial charge in [0.1, 0.15) is 11.0 Å². The predicted octanol–water partition coefficient (Wildman–Crippen LogP) is 2.12. The lowest BCUT2D eigenvalue weighted by Gasteiger charge is -2.28. The van der Waals surface area contributed by atoms with E-state index < -0.39 is 0 Å². The lowest BCUT2D eigenvalue weighted by atomic mass is 10.2. The van der Waals surface area contributed by atoms with Gasteiger partial charge in [-0.3, -0.25) is 4.79 Å². The first-order valence-corrected chi connectivity index (χ1v) is 5.68. The van der Waals surface area contributed by atoms with Crippen LogP contribution in [-0.4, -0.2) is 34.8 Å². The average Bonchev–Trinajstić information content (AvgIpc) is 2.36. The maximum atomic E-state index is 10.7. The molecule has 0 saturated heterocycles. The van der Waals surface area contributed by atoms with Gasteiger partial charge in [-0.15, -0.1) is 0 Å². The van der Waals surface area contributed by atoms with Gasteiger partial charge in [0, 0.05) is 26.3 Å². The molecule has 1 aromatic heterocycles. The van der Waals surface area contributed by atoms with Gasteiger partial charge in [-0.25, -0.2) is 4.98 Å². The van der Waals surface area contributed by atoms with E-state index in [0.717, 1.165) is 18.5 Å². The highest BCUT2D eigenvalue weighted by Crippen LogP contribution is 2.12. The van der Waals surface area contributed by atoms with Crippen molar-refractivity contribution in [1.29, 1.82) is 0 Å². The van der Waals surface area contributed by atoms with Gasteiger partial charge in [0.25, 0.3) is 0 Å². The third-order valence-electron chi connectivity index (χ3n) is 2.47. The summed E-state index contributed by atoms with van der Waals surface area (Å²) in [6.45, 7) is 7.31. The zero-order valence-corrected chi connectivity index (χ0v) is 10.8. The molecule has 1 amide bonds. The summed E-state index contributed by atoms with van der Waals surface area (Å²) in [7, 11) is 1.68. The molecule has 92 valence electrons. The number of hydrogen-bond donors (Lipinski definition) is 0. The predicted molar refractivity (Wildman–Crippen MR) is 68.3 cm³/mol. The summed E-state index contributed by atoms with van der Waals surface area (Å²) in [6.07, 6.45) is 2.46. The number of aromatic nitrogens is 1. The van der Waals surface area contributed by atoms with Gasteiger partial charge < -0.3 is 9.80 Å². The van der Waals surface area contributed by atoms with Crippen molar-refractivity contribution in [3.63, 3.8) is 0 Å². The summed E-state index contributed by atoms with van der Waals surface area (Å²) in [6, 6.07) is 3.66. The molecule has 0 unspecified atom stereocenters. The van der Waals surface area contributed by atoms with E-state index in [1.807, 2.05) is 17.9 Å². The number of amides is 1. The normalized spacial score (nSPS) is 9.82. The van der Waals surface area contributed by atoms with Gasteiger partial charge in [-0.05, 0) is 18.6 Å². The van der Waals surface area contributed by atoms with E-state index in [1.165, 1.54) is 4.90 Å². The van der Waals surface area contributed by atoms with Gasteiger partial charge in [0.15, 0.2) is 0 Å². The Labute approximate surface area is 107 Å². The molecule has 0 N–H and O–H groups in total. The van der Waals surface area contributed by atoms with Crippen LogP contribution in [0.1, 0.15) is 12.5 Å². The first-order chi connectivity index (χ1) is 8.08. The van der Waals surface area contributed by atoms with Crippen LogP contribution in [0, 0.1) is 0 Å². The minimum atomic E-state index is 0.473. The fraction of sp³-hybridized carbons (Fsp3) is 0.333. The standard InChI is InChI=1S/C12H16ClN3O/c1-4-16(10(2)15(3)9-17)8-11-5-6-12(13)14-7-11/h5-7,9H,2,4,8H2,1,3H3. The highest BCUT2D eigenvalue weighted by Gasteiger charge is 2.10. The lowest BCUT2D eigenvalue weighted by molar-refractivity contribution is -0.116. The van der Waals surface area contributed by atoms with Crippen molar-refractivity contribution in [1.82, 2.24) is 14.8 Å². The molecule has 0 aromatic carbocycles. The summed E-state index contributed by atoms with van der Waals surface area (Å²) in [5, 5.41) is 0.473. The molecule has 1 heterocycles. The summed E-state index contributed by atoms with van der Waals surface area (Å²) >= 11 is 5.72. The molecule has 4 nitrogen and oxygen atoms in total. The molecule has 1 aromatic rings. The van der Waals surface area contributed by atoms with E-state index in [-0.39, 0.29) is 0 Å². The largest absolute Gasteiger partial charge is 0.354 e. The van der Waals surface area contributed by atoms with Crippen LogP contribution in [0.5, 0.6) is 0 Å². The maximum absolute atomic E-state index is 10.7. The van der Waals surface area contributed by atoms with Crippen molar-refractivity contribution < 1.29 is 4.79 Å². The molecular formula is C12H16ClN3O. The molecule has 17 heavy (non-hydrogen) atoms. The van der Waals surface area contributed by atoms with Gasteiger partial charge in [0.2, 0.25) is 6.41 Å². The number of rotatable bonds is 6. The molecular weight excluding hydrogens is 238 g/mol. The van der Waals surface area contributed by atoms with E-state index >= 15 is 0 Å². The van der Waals surface area contributed by atoms with Gasteiger partial charge >= 0.3 is 0 Å². The minimum Gasteiger partial charge on any atom is -0.354 e. The van der Waals surface area contributed by atoms with Crippen molar-refractivity contribution in [2.24, 2.45) is 0 Å². The highest BCUT2D eigenvalue weighted by atomic mass is 35.5. The molecule has 0 aliphatic carbocycles. The van der Waals surface area contributed by atoms with Crippen molar-refractivity contribution >= 4 is 18.0 Å². The van der Waals surface area contributed by atoms with Crippen LogP contribution >= 0.6 is 11.6 Å². The zero-order valence-electron chi connectivity index (χ0n) is 10.1. The number of carbonyl (C=O) groups is 1. The molecule has 0 bridgehead atoms. The van der Waals surface area contributed by atoms with Crippen LogP contribution in [0.4, 0.5) is 0 Å². The molecule has 0 aliphatic heterocycles. The van der Waals surface area contributed by atoms with E-state index in [0.29, 0.717) is 17.5 Å². The second kappa shape index (κ2) is 6.25. The average molecular weight is 254 g/mol. The number of nitrogens with zero attached hydrogens (tertiary/aromatic N) is 3. The second-order valence-electron chi connectivity index (χ2n) is 3.64. The summed E-state index contributed by atoms with van der Waals surface area (Å²) < 4.78 is 0. The number of halogens is 1. The van der Waals surface area contributed by atoms with Gasteiger partial charge in [0.05, 0.1) is 0 Å². The third kappa shape index (κ3) is 3.75. The van der Waals surface area contributed by atoms with Crippen LogP contribution < -0.4 is 0 Å². The Morgan fingerprint density at radius 2 is 2.29 bits per heavy atom. The van der Waals surface area contributed by atoms with Crippen LogP contribution in [0.15, 0.2) is 30.7 Å². The molecule has 0 spiro atoms. The van der Waals surface area contributed by atoms with Crippen molar-refractivity contribution in [2.75, 3.05) is 13.6 Å². The molecule has 5 heteroatoms. The Balaban J connectivity index is 2.73. The third-order valence-corrected chi connectivity index (χ3v) is 2.70. The number of pyridine rings is 1. The number of hydrogen-bond acceptors (Lipinski definition) is 3.